The quantitative estimate of drug-likeness (QED) is 0.325. The van der Waals surface area contributed by atoms with Crippen LogP contribution in [0.25, 0.3) is 0 Å². The van der Waals surface area contributed by atoms with Crippen LogP contribution in [0.1, 0.15) is 11.1 Å². The van der Waals surface area contributed by atoms with Gasteiger partial charge in [-0.2, -0.15) is 5.10 Å². The normalized spacial score (nSPS) is 11.0. The van der Waals surface area contributed by atoms with Gasteiger partial charge in [0.1, 0.15) is 0 Å². The minimum absolute atomic E-state index is 0.198. The maximum Gasteiger partial charge on any atom is 0.250 e. The lowest BCUT2D eigenvalue weighted by Gasteiger charge is -1.98. The highest BCUT2D eigenvalue weighted by molar-refractivity contribution is 8.03. The molecule has 27 heavy (non-hydrogen) atoms. The molecule has 0 fully saturated rings. The summed E-state index contributed by atoms with van der Waals surface area (Å²) in [6.07, 6.45) is 4.90. The van der Waals surface area contributed by atoms with Gasteiger partial charge >= 0.3 is 0 Å². The highest BCUT2D eigenvalue weighted by atomic mass is 35.5. The zero-order valence-electron chi connectivity index (χ0n) is 13.9. The lowest BCUT2D eigenvalue weighted by molar-refractivity contribution is -0.118. The fourth-order valence-electron chi connectivity index (χ4n) is 1.83. The van der Waals surface area contributed by atoms with Crippen LogP contribution in [-0.2, 0) is 10.5 Å². The van der Waals surface area contributed by atoms with Gasteiger partial charge in [0.25, 0.3) is 5.91 Å². The Labute approximate surface area is 173 Å². The minimum Gasteiger partial charge on any atom is -0.272 e. The van der Waals surface area contributed by atoms with E-state index in [1.54, 1.807) is 42.5 Å². The number of amides is 1. The van der Waals surface area contributed by atoms with Gasteiger partial charge in [-0.05, 0) is 35.4 Å². The SMILES string of the molecule is O=C(CSc1nnc(SCc2ccc(Cl)cc2)s1)N/N=C\c1ccncc1. The summed E-state index contributed by atoms with van der Waals surface area (Å²) in [5.74, 6) is 0.820. The third-order valence-corrected chi connectivity index (χ3v) is 6.61. The van der Waals surface area contributed by atoms with Gasteiger partial charge in [-0.25, -0.2) is 5.43 Å². The zero-order valence-corrected chi connectivity index (χ0v) is 17.1. The largest absolute Gasteiger partial charge is 0.272 e. The lowest BCUT2D eigenvalue weighted by atomic mass is 10.2. The number of nitrogens with one attached hydrogen (secondary N) is 1. The number of hydrogen-bond acceptors (Lipinski definition) is 8. The number of hydrazone groups is 1. The molecule has 0 unspecified atom stereocenters. The molecule has 3 aromatic rings. The number of carbonyl (C=O) groups is 1. The molecule has 1 aromatic carbocycles. The second kappa shape index (κ2) is 10.4. The molecule has 0 bridgehead atoms. The second-order valence-electron chi connectivity index (χ2n) is 5.11. The van der Waals surface area contributed by atoms with Crippen LogP contribution >= 0.6 is 46.5 Å². The summed E-state index contributed by atoms with van der Waals surface area (Å²) in [6.45, 7) is 0. The molecule has 0 atom stereocenters. The Morgan fingerprint density at radius 1 is 1.11 bits per heavy atom. The zero-order chi connectivity index (χ0) is 18.9. The summed E-state index contributed by atoms with van der Waals surface area (Å²) in [4.78, 5) is 15.8. The van der Waals surface area contributed by atoms with Crippen LogP contribution in [0.15, 0.2) is 62.6 Å². The first-order chi connectivity index (χ1) is 13.2. The van der Waals surface area contributed by atoms with Crippen molar-refractivity contribution < 1.29 is 4.79 Å². The highest BCUT2D eigenvalue weighted by Crippen LogP contribution is 2.30. The first-order valence-corrected chi connectivity index (χ1v) is 10.9. The number of hydrogen-bond donors (Lipinski definition) is 1. The number of nitrogens with zero attached hydrogens (tertiary/aromatic N) is 4. The Balaban J connectivity index is 1.40. The Bertz CT molecular complexity index is 902. The fourth-order valence-corrected chi connectivity index (χ4v) is 4.72. The minimum atomic E-state index is -0.198. The average molecular weight is 436 g/mol. The smallest absolute Gasteiger partial charge is 0.250 e. The van der Waals surface area contributed by atoms with Crippen molar-refractivity contribution in [2.24, 2.45) is 5.10 Å². The van der Waals surface area contributed by atoms with Crippen molar-refractivity contribution in [2.75, 3.05) is 5.75 Å². The van der Waals surface area contributed by atoms with E-state index >= 15 is 0 Å². The number of benzene rings is 1. The number of pyridine rings is 1. The molecule has 0 aliphatic rings. The maximum absolute atomic E-state index is 11.8. The summed E-state index contributed by atoms with van der Waals surface area (Å²) in [5.41, 5.74) is 4.52. The number of rotatable bonds is 8. The van der Waals surface area contributed by atoms with E-state index in [0.29, 0.717) is 0 Å². The molecule has 0 saturated heterocycles. The summed E-state index contributed by atoms with van der Waals surface area (Å²) in [7, 11) is 0. The van der Waals surface area contributed by atoms with Gasteiger partial charge in [0.15, 0.2) is 8.68 Å². The summed E-state index contributed by atoms with van der Waals surface area (Å²) >= 11 is 10.3. The maximum atomic E-state index is 11.8. The average Bonchev–Trinajstić information content (AvgIpc) is 3.15. The first-order valence-electron chi connectivity index (χ1n) is 7.74. The fraction of sp³-hybridized carbons (Fsp3) is 0.118. The van der Waals surface area contributed by atoms with Crippen molar-refractivity contribution in [3.05, 3.63) is 64.9 Å². The van der Waals surface area contributed by atoms with E-state index in [1.807, 2.05) is 24.3 Å². The van der Waals surface area contributed by atoms with Crippen molar-refractivity contribution >= 4 is 58.6 Å². The number of thioether (sulfide) groups is 2. The van der Waals surface area contributed by atoms with Crippen molar-refractivity contribution in [3.8, 4) is 0 Å². The van der Waals surface area contributed by atoms with Crippen molar-refractivity contribution in [1.29, 1.82) is 0 Å². The van der Waals surface area contributed by atoms with Gasteiger partial charge < -0.3 is 0 Å². The molecular weight excluding hydrogens is 422 g/mol. The standard InChI is InChI=1S/C17H14ClN5OS3/c18-14-3-1-13(2-4-14)10-25-16-22-23-17(27-16)26-11-15(24)21-20-9-12-5-7-19-8-6-12/h1-9H,10-11H2,(H,21,24)/b20-9-. The molecule has 1 N–H and O–H groups in total. The van der Waals surface area contributed by atoms with E-state index < -0.39 is 0 Å². The van der Waals surface area contributed by atoms with Gasteiger partial charge in [-0.1, -0.05) is 58.6 Å². The molecule has 10 heteroatoms. The van der Waals surface area contributed by atoms with Crippen LogP contribution in [0.4, 0.5) is 0 Å². The van der Waals surface area contributed by atoms with Crippen molar-refractivity contribution in [1.82, 2.24) is 20.6 Å². The van der Waals surface area contributed by atoms with E-state index in [-0.39, 0.29) is 11.7 Å². The molecule has 0 aliphatic carbocycles. The first kappa shape index (κ1) is 19.8. The number of aromatic nitrogens is 3. The van der Waals surface area contributed by atoms with E-state index in [4.69, 9.17) is 11.6 Å². The van der Waals surface area contributed by atoms with Crippen LogP contribution in [0.5, 0.6) is 0 Å². The molecule has 0 spiro atoms. The molecule has 1 amide bonds. The Morgan fingerprint density at radius 3 is 2.56 bits per heavy atom. The third kappa shape index (κ3) is 6.94. The molecule has 0 saturated carbocycles. The molecular formula is C17H14ClN5OS3. The van der Waals surface area contributed by atoms with Crippen molar-refractivity contribution in [3.63, 3.8) is 0 Å². The molecule has 3 rings (SSSR count). The summed E-state index contributed by atoms with van der Waals surface area (Å²) < 4.78 is 1.62. The summed E-state index contributed by atoms with van der Waals surface area (Å²) in [5, 5.41) is 12.9. The van der Waals surface area contributed by atoms with Crippen LogP contribution in [0.3, 0.4) is 0 Å². The molecule has 138 valence electrons. The second-order valence-corrected chi connectivity index (χ2v) is 8.97. The van der Waals surface area contributed by atoms with Gasteiger partial charge in [0, 0.05) is 23.2 Å². The number of halogens is 1. The number of carbonyl (C=O) groups excluding carboxylic acids is 1. The third-order valence-electron chi connectivity index (χ3n) is 3.10. The Hall–Kier alpha value is -1.94. The topological polar surface area (TPSA) is 80.1 Å². The van der Waals surface area contributed by atoms with Crippen molar-refractivity contribution in [2.45, 2.75) is 14.4 Å². The van der Waals surface area contributed by atoms with Gasteiger partial charge in [-0.15, -0.1) is 10.2 Å². The molecule has 2 heterocycles. The predicted molar refractivity (Wildman–Crippen MR) is 112 cm³/mol. The van der Waals surface area contributed by atoms with Gasteiger partial charge in [0.2, 0.25) is 0 Å². The van der Waals surface area contributed by atoms with Crippen LogP contribution in [0, 0.1) is 0 Å². The van der Waals surface area contributed by atoms with E-state index in [0.717, 1.165) is 25.0 Å². The Kier molecular flexibility index (Phi) is 7.64. The Morgan fingerprint density at radius 2 is 1.81 bits per heavy atom. The lowest BCUT2D eigenvalue weighted by Crippen LogP contribution is -2.19. The van der Waals surface area contributed by atoms with E-state index in [9.17, 15) is 4.79 Å². The molecule has 6 nitrogen and oxygen atoms in total. The molecule has 0 radical (unpaired) electrons. The molecule has 2 aromatic heterocycles. The van der Waals surface area contributed by atoms with E-state index in [1.165, 1.54) is 28.7 Å². The van der Waals surface area contributed by atoms with Crippen LogP contribution < -0.4 is 5.43 Å². The van der Waals surface area contributed by atoms with Gasteiger partial charge in [0.05, 0.1) is 12.0 Å². The monoisotopic (exact) mass is 435 g/mol. The van der Waals surface area contributed by atoms with Crippen LogP contribution in [0.2, 0.25) is 5.02 Å². The van der Waals surface area contributed by atoms with Crippen LogP contribution in [-0.4, -0.2) is 33.1 Å². The predicted octanol–water partition coefficient (Wildman–Crippen LogP) is 4.12. The van der Waals surface area contributed by atoms with E-state index in [2.05, 4.69) is 25.7 Å². The molecule has 0 aliphatic heterocycles. The summed E-state index contributed by atoms with van der Waals surface area (Å²) in [6, 6.07) is 11.3. The highest BCUT2D eigenvalue weighted by Gasteiger charge is 2.08. The van der Waals surface area contributed by atoms with Gasteiger partial charge in [-0.3, -0.25) is 9.78 Å².